The molecule has 0 saturated carbocycles. The van der Waals surface area contributed by atoms with E-state index in [0.29, 0.717) is 6.42 Å². The summed E-state index contributed by atoms with van der Waals surface area (Å²) in [6.45, 7) is 4.21. The fourth-order valence-electron chi connectivity index (χ4n) is 6.63. The monoisotopic (exact) mass is 692 g/mol. The standard InChI is InChI=1S/C44H85NO4/c1-3-5-7-9-11-13-15-17-19-21-23-25-27-29-31-33-35-37-41(47)39-44(49)45-42(40-46)43(48)38-36-34-32-30-28-26-24-22-20-18-16-14-12-10-8-6-4-2/h21,23,36,38,41-43,46-48H,3-20,22,24-35,37,39-40H2,1-2H3,(H,45,49)/b23-21-,38-36+. The van der Waals surface area contributed by atoms with Crippen LogP contribution in [-0.4, -0.2) is 46.1 Å². The predicted octanol–water partition coefficient (Wildman–Crippen LogP) is 12.2. The van der Waals surface area contributed by atoms with Gasteiger partial charge in [0.25, 0.3) is 0 Å². The third-order valence-electron chi connectivity index (χ3n) is 9.98. The first kappa shape index (κ1) is 47.8. The number of aliphatic hydroxyl groups excluding tert-OH is 3. The van der Waals surface area contributed by atoms with Crippen LogP contribution in [0.2, 0.25) is 0 Å². The van der Waals surface area contributed by atoms with Gasteiger partial charge < -0.3 is 20.6 Å². The molecule has 3 atom stereocenters. The molecule has 4 N–H and O–H groups in total. The van der Waals surface area contributed by atoms with E-state index in [4.69, 9.17) is 0 Å². The van der Waals surface area contributed by atoms with Crippen LogP contribution in [0.25, 0.3) is 0 Å². The molecule has 0 aliphatic rings. The summed E-state index contributed by atoms with van der Waals surface area (Å²) < 4.78 is 0. The van der Waals surface area contributed by atoms with Crippen molar-refractivity contribution in [2.75, 3.05) is 6.61 Å². The molecule has 0 spiro atoms. The number of amides is 1. The van der Waals surface area contributed by atoms with E-state index in [-0.39, 0.29) is 18.9 Å². The van der Waals surface area contributed by atoms with E-state index in [1.807, 2.05) is 6.08 Å². The maximum atomic E-state index is 12.4. The third kappa shape index (κ3) is 36.4. The van der Waals surface area contributed by atoms with Gasteiger partial charge in [0, 0.05) is 0 Å². The van der Waals surface area contributed by atoms with Gasteiger partial charge in [0.1, 0.15) is 0 Å². The smallest absolute Gasteiger partial charge is 0.222 e. The Hall–Kier alpha value is -1.17. The minimum atomic E-state index is -0.928. The van der Waals surface area contributed by atoms with Crippen LogP contribution in [0, 0.1) is 0 Å². The molecule has 5 heteroatoms. The summed E-state index contributed by atoms with van der Waals surface area (Å²) in [5, 5.41) is 33.2. The lowest BCUT2D eigenvalue weighted by Gasteiger charge is -2.21. The van der Waals surface area contributed by atoms with Gasteiger partial charge in [0.05, 0.1) is 31.3 Å². The third-order valence-corrected chi connectivity index (χ3v) is 9.98. The van der Waals surface area contributed by atoms with Crippen molar-refractivity contribution in [2.45, 2.75) is 244 Å². The van der Waals surface area contributed by atoms with Crippen LogP contribution in [-0.2, 0) is 4.79 Å². The van der Waals surface area contributed by atoms with Crippen LogP contribution in [0.1, 0.15) is 226 Å². The lowest BCUT2D eigenvalue weighted by Crippen LogP contribution is -2.45. The van der Waals surface area contributed by atoms with Crippen molar-refractivity contribution in [3.8, 4) is 0 Å². The molecule has 0 rings (SSSR count). The normalized spacial score (nSPS) is 13.8. The highest BCUT2D eigenvalue weighted by molar-refractivity contribution is 5.76. The van der Waals surface area contributed by atoms with Gasteiger partial charge in [-0.3, -0.25) is 4.79 Å². The molecule has 0 radical (unpaired) electrons. The Labute approximate surface area is 305 Å². The van der Waals surface area contributed by atoms with Crippen LogP contribution >= 0.6 is 0 Å². The molecule has 1 amide bonds. The first-order valence-corrected chi connectivity index (χ1v) is 21.6. The summed E-state index contributed by atoms with van der Waals surface area (Å²) in [4.78, 5) is 12.4. The van der Waals surface area contributed by atoms with E-state index in [2.05, 4.69) is 31.3 Å². The predicted molar refractivity (Wildman–Crippen MR) is 213 cm³/mol. The Morgan fingerprint density at radius 1 is 0.510 bits per heavy atom. The Bertz CT molecular complexity index is 724. The van der Waals surface area contributed by atoms with Gasteiger partial charge in [-0.2, -0.15) is 0 Å². The molecule has 5 nitrogen and oxygen atoms in total. The number of unbranched alkanes of at least 4 members (excludes halogenated alkanes) is 28. The molecular weight excluding hydrogens is 606 g/mol. The molecule has 0 bridgehead atoms. The van der Waals surface area contributed by atoms with Gasteiger partial charge in [-0.1, -0.05) is 199 Å². The van der Waals surface area contributed by atoms with E-state index in [9.17, 15) is 20.1 Å². The zero-order valence-corrected chi connectivity index (χ0v) is 32.8. The average molecular weight is 692 g/mol. The first-order chi connectivity index (χ1) is 24.0. The summed E-state index contributed by atoms with van der Waals surface area (Å²) in [6.07, 6.45) is 47.4. The maximum Gasteiger partial charge on any atom is 0.222 e. The summed E-state index contributed by atoms with van der Waals surface area (Å²) >= 11 is 0. The summed E-state index contributed by atoms with van der Waals surface area (Å²) in [6, 6.07) is -0.744. The molecule has 0 aliphatic carbocycles. The van der Waals surface area contributed by atoms with E-state index >= 15 is 0 Å². The Morgan fingerprint density at radius 3 is 1.24 bits per heavy atom. The van der Waals surface area contributed by atoms with Gasteiger partial charge in [-0.25, -0.2) is 0 Å². The molecule has 0 aromatic carbocycles. The SMILES string of the molecule is CCCCCCCCCC/C=C\CCCCCCCC(O)CC(=O)NC(CO)C(O)/C=C/CCCCCCCCCCCCCCCCC. The van der Waals surface area contributed by atoms with Crippen molar-refractivity contribution in [1.82, 2.24) is 5.32 Å². The van der Waals surface area contributed by atoms with Gasteiger partial charge in [-0.15, -0.1) is 0 Å². The van der Waals surface area contributed by atoms with Crippen LogP contribution in [0.15, 0.2) is 24.3 Å². The second-order valence-electron chi connectivity index (χ2n) is 15.0. The Morgan fingerprint density at radius 2 is 0.857 bits per heavy atom. The maximum absolute atomic E-state index is 12.4. The largest absolute Gasteiger partial charge is 0.394 e. The van der Waals surface area contributed by atoms with Crippen LogP contribution in [0.4, 0.5) is 0 Å². The van der Waals surface area contributed by atoms with Crippen molar-refractivity contribution in [3.05, 3.63) is 24.3 Å². The quantitative estimate of drug-likeness (QED) is 0.0381. The van der Waals surface area contributed by atoms with Crippen molar-refractivity contribution < 1.29 is 20.1 Å². The Balaban J connectivity index is 3.68. The summed E-state index contributed by atoms with van der Waals surface area (Å²) in [7, 11) is 0. The topological polar surface area (TPSA) is 89.8 Å². The molecular formula is C44H85NO4. The van der Waals surface area contributed by atoms with Gasteiger partial charge in [-0.05, 0) is 44.9 Å². The second kappa shape index (κ2) is 39.6. The average Bonchev–Trinajstić information content (AvgIpc) is 3.09. The minimum Gasteiger partial charge on any atom is -0.394 e. The molecule has 0 saturated heterocycles. The van der Waals surface area contributed by atoms with Crippen molar-refractivity contribution in [3.63, 3.8) is 0 Å². The molecule has 0 aliphatic heterocycles. The van der Waals surface area contributed by atoms with Gasteiger partial charge in [0.15, 0.2) is 0 Å². The van der Waals surface area contributed by atoms with Crippen molar-refractivity contribution in [2.24, 2.45) is 0 Å². The molecule has 0 aromatic rings. The summed E-state index contributed by atoms with van der Waals surface area (Å²) in [5.41, 5.74) is 0. The van der Waals surface area contributed by atoms with Crippen molar-refractivity contribution >= 4 is 5.91 Å². The van der Waals surface area contributed by atoms with Crippen LogP contribution in [0.5, 0.6) is 0 Å². The lowest BCUT2D eigenvalue weighted by molar-refractivity contribution is -0.124. The van der Waals surface area contributed by atoms with Crippen LogP contribution < -0.4 is 5.32 Å². The molecule has 0 aromatic heterocycles. The van der Waals surface area contributed by atoms with E-state index < -0.39 is 18.2 Å². The fourth-order valence-corrected chi connectivity index (χ4v) is 6.63. The summed E-state index contributed by atoms with van der Waals surface area (Å²) in [5.74, 6) is -0.319. The second-order valence-corrected chi connectivity index (χ2v) is 15.0. The molecule has 49 heavy (non-hydrogen) atoms. The highest BCUT2D eigenvalue weighted by Gasteiger charge is 2.20. The van der Waals surface area contributed by atoms with E-state index in [1.165, 1.54) is 161 Å². The molecule has 290 valence electrons. The number of hydrogen-bond acceptors (Lipinski definition) is 4. The highest BCUT2D eigenvalue weighted by atomic mass is 16.3. The van der Waals surface area contributed by atoms with Gasteiger partial charge in [0.2, 0.25) is 5.91 Å². The number of nitrogens with one attached hydrogen (secondary N) is 1. The van der Waals surface area contributed by atoms with E-state index in [0.717, 1.165) is 38.5 Å². The molecule has 3 unspecified atom stereocenters. The zero-order chi connectivity index (χ0) is 35.9. The fraction of sp³-hybridized carbons (Fsp3) is 0.886. The minimum absolute atomic E-state index is 0.00963. The number of allylic oxidation sites excluding steroid dienone is 3. The van der Waals surface area contributed by atoms with Crippen LogP contribution in [0.3, 0.4) is 0 Å². The number of rotatable bonds is 39. The van der Waals surface area contributed by atoms with E-state index in [1.54, 1.807) is 6.08 Å². The number of carbonyl (C=O) groups is 1. The molecule has 0 fully saturated rings. The lowest BCUT2D eigenvalue weighted by atomic mass is 10.0. The first-order valence-electron chi connectivity index (χ1n) is 21.6. The number of carbonyl (C=O) groups excluding carboxylic acids is 1. The highest BCUT2D eigenvalue weighted by Crippen LogP contribution is 2.15. The van der Waals surface area contributed by atoms with Crippen molar-refractivity contribution in [1.29, 1.82) is 0 Å². The molecule has 0 heterocycles. The van der Waals surface area contributed by atoms with Gasteiger partial charge >= 0.3 is 0 Å². The zero-order valence-electron chi connectivity index (χ0n) is 32.8. The number of aliphatic hydroxyl groups is 3. The number of hydrogen-bond donors (Lipinski definition) is 4. The Kier molecular flexibility index (Phi) is 38.7.